The molecule has 0 aromatic rings. The van der Waals surface area contributed by atoms with Crippen molar-refractivity contribution in [3.05, 3.63) is 11.8 Å². The van der Waals surface area contributed by atoms with Crippen LogP contribution in [0.15, 0.2) is 11.8 Å². The van der Waals surface area contributed by atoms with E-state index in [1.165, 1.54) is 0 Å². The smallest absolute Gasteiger partial charge is 0.247 e. The van der Waals surface area contributed by atoms with Crippen molar-refractivity contribution in [2.24, 2.45) is 0 Å². The highest BCUT2D eigenvalue weighted by molar-refractivity contribution is 6.19. The molecule has 1 amide bonds. The van der Waals surface area contributed by atoms with Crippen molar-refractivity contribution < 1.29 is 9.90 Å². The zero-order valence-corrected chi connectivity index (χ0v) is 8.27. The van der Waals surface area contributed by atoms with E-state index in [0.717, 1.165) is 6.08 Å². The summed E-state index contributed by atoms with van der Waals surface area (Å²) in [7, 11) is 0. The Morgan fingerprint density at radius 3 is 2.42 bits per heavy atom. The van der Waals surface area contributed by atoms with Crippen LogP contribution in [0.3, 0.4) is 0 Å². The Bertz CT molecular complexity index is 194. The molecular weight excluding hydrogens is 178 g/mol. The van der Waals surface area contributed by atoms with E-state index in [1.54, 1.807) is 0 Å². The van der Waals surface area contributed by atoms with Crippen LogP contribution in [0.4, 0.5) is 0 Å². The van der Waals surface area contributed by atoms with Crippen LogP contribution in [0, 0.1) is 0 Å². The molecule has 12 heavy (non-hydrogen) atoms. The Balaban J connectivity index is 4.08. The first-order valence-electron chi connectivity index (χ1n) is 3.63. The Hall–Kier alpha value is -0.700. The average molecular weight is 192 g/mol. The quantitative estimate of drug-likeness (QED) is 0.396. The van der Waals surface area contributed by atoms with E-state index in [2.05, 4.69) is 5.32 Å². The number of halogens is 1. The predicted molar refractivity (Wildman–Crippen MR) is 49.3 cm³/mol. The summed E-state index contributed by atoms with van der Waals surface area (Å²) in [6, 6.07) is 0. The average Bonchev–Trinajstić information content (AvgIpc) is 1.82. The molecule has 0 aliphatic rings. The minimum absolute atomic E-state index is 0.0441. The van der Waals surface area contributed by atoms with Gasteiger partial charge in [0, 0.05) is 11.6 Å². The number of hydrogen-bond acceptors (Lipinski definition) is 2. The molecule has 0 aromatic heterocycles. The van der Waals surface area contributed by atoms with Gasteiger partial charge in [-0.25, -0.2) is 0 Å². The van der Waals surface area contributed by atoms with Crippen LogP contribution in [0.2, 0.25) is 0 Å². The normalized spacial score (nSPS) is 12.8. The highest BCUT2D eigenvalue weighted by Crippen LogP contribution is 1.99. The van der Waals surface area contributed by atoms with Gasteiger partial charge in [-0.1, -0.05) is 0 Å². The Kier molecular flexibility index (Phi) is 4.10. The maximum atomic E-state index is 11.0. The molecule has 0 unspecified atom stereocenters. The lowest BCUT2D eigenvalue weighted by Gasteiger charge is -2.19. The molecule has 0 fully saturated rings. The Morgan fingerprint density at radius 2 is 2.08 bits per heavy atom. The molecule has 4 heteroatoms. The van der Waals surface area contributed by atoms with Gasteiger partial charge in [0.15, 0.2) is 0 Å². The molecule has 0 aliphatic heterocycles. The van der Waals surface area contributed by atoms with Crippen molar-refractivity contribution >= 4 is 17.5 Å². The van der Waals surface area contributed by atoms with Crippen LogP contribution in [-0.2, 0) is 4.79 Å². The standard InChI is InChI=1S/C8H14ClNO2/c1-8(2,3)10-7(12)4-6(11)5-9/h4,11H,5H2,1-3H3,(H,10,12)/b6-4+. The van der Waals surface area contributed by atoms with Crippen LogP contribution >= 0.6 is 11.6 Å². The molecule has 0 spiro atoms. The van der Waals surface area contributed by atoms with Gasteiger partial charge in [-0.05, 0) is 20.8 Å². The third-order valence-corrected chi connectivity index (χ3v) is 1.21. The Labute approximate surface area is 77.4 Å². The molecule has 0 rings (SSSR count). The zero-order chi connectivity index (χ0) is 9.78. The summed E-state index contributed by atoms with van der Waals surface area (Å²) in [5.74, 6) is -0.503. The van der Waals surface area contributed by atoms with Crippen molar-refractivity contribution in [2.75, 3.05) is 5.88 Å². The SMILES string of the molecule is CC(C)(C)NC(=O)/C=C(/O)CCl. The molecular formula is C8H14ClNO2. The van der Waals surface area contributed by atoms with Crippen molar-refractivity contribution in [2.45, 2.75) is 26.3 Å². The maximum absolute atomic E-state index is 11.0. The van der Waals surface area contributed by atoms with Crippen molar-refractivity contribution in [3.8, 4) is 0 Å². The molecule has 0 aliphatic carbocycles. The topological polar surface area (TPSA) is 49.3 Å². The van der Waals surface area contributed by atoms with Crippen molar-refractivity contribution in [1.29, 1.82) is 0 Å². The third-order valence-electron chi connectivity index (χ3n) is 0.933. The summed E-state index contributed by atoms with van der Waals surface area (Å²) in [5, 5.41) is 11.5. The summed E-state index contributed by atoms with van der Waals surface area (Å²) >= 11 is 5.27. The van der Waals surface area contributed by atoms with E-state index in [-0.39, 0.29) is 23.1 Å². The number of hydrogen-bond donors (Lipinski definition) is 2. The highest BCUT2D eigenvalue weighted by Gasteiger charge is 2.11. The zero-order valence-electron chi connectivity index (χ0n) is 7.52. The summed E-state index contributed by atoms with van der Waals surface area (Å²) in [6.07, 6.45) is 1.08. The molecule has 3 nitrogen and oxygen atoms in total. The highest BCUT2D eigenvalue weighted by atomic mass is 35.5. The Morgan fingerprint density at radius 1 is 1.58 bits per heavy atom. The maximum Gasteiger partial charge on any atom is 0.247 e. The van der Waals surface area contributed by atoms with Gasteiger partial charge in [0.05, 0.1) is 5.88 Å². The summed E-state index contributed by atoms with van der Waals surface area (Å²) in [5.41, 5.74) is -0.291. The summed E-state index contributed by atoms with van der Waals surface area (Å²) in [4.78, 5) is 11.0. The first kappa shape index (κ1) is 11.3. The van der Waals surface area contributed by atoms with Crippen LogP contribution in [0.5, 0.6) is 0 Å². The van der Waals surface area contributed by atoms with Crippen LogP contribution < -0.4 is 5.32 Å². The van der Waals surface area contributed by atoms with E-state index in [0.29, 0.717) is 0 Å². The summed E-state index contributed by atoms with van der Waals surface area (Å²) < 4.78 is 0. The number of amides is 1. The van der Waals surface area contributed by atoms with E-state index < -0.39 is 0 Å². The number of aliphatic hydroxyl groups is 1. The number of nitrogens with one attached hydrogen (secondary N) is 1. The van der Waals surface area contributed by atoms with Gasteiger partial charge in [-0.3, -0.25) is 4.79 Å². The molecule has 0 aromatic carbocycles. The number of aliphatic hydroxyl groups excluding tert-OH is 1. The van der Waals surface area contributed by atoms with E-state index >= 15 is 0 Å². The van der Waals surface area contributed by atoms with Gasteiger partial charge in [-0.2, -0.15) is 0 Å². The van der Waals surface area contributed by atoms with Gasteiger partial charge in [0.25, 0.3) is 0 Å². The minimum Gasteiger partial charge on any atom is -0.511 e. The number of rotatable bonds is 2. The predicted octanol–water partition coefficient (Wildman–Crippen LogP) is 1.58. The van der Waals surface area contributed by atoms with E-state index in [4.69, 9.17) is 16.7 Å². The van der Waals surface area contributed by atoms with Gasteiger partial charge in [0.1, 0.15) is 5.76 Å². The minimum atomic E-state index is -0.333. The fourth-order valence-corrected chi connectivity index (χ4v) is 0.673. The van der Waals surface area contributed by atoms with Gasteiger partial charge in [0.2, 0.25) is 5.91 Å². The second-order valence-electron chi connectivity index (χ2n) is 3.51. The third kappa shape index (κ3) is 6.04. The van der Waals surface area contributed by atoms with E-state index in [1.807, 2.05) is 20.8 Å². The summed E-state index contributed by atoms with van der Waals surface area (Å²) in [6.45, 7) is 5.57. The van der Waals surface area contributed by atoms with Gasteiger partial charge < -0.3 is 10.4 Å². The second-order valence-corrected chi connectivity index (χ2v) is 3.78. The molecule has 70 valence electrons. The van der Waals surface area contributed by atoms with Crippen LogP contribution in [0.1, 0.15) is 20.8 Å². The van der Waals surface area contributed by atoms with Crippen LogP contribution in [0.25, 0.3) is 0 Å². The monoisotopic (exact) mass is 191 g/mol. The lowest BCUT2D eigenvalue weighted by atomic mass is 10.1. The molecule has 0 saturated heterocycles. The van der Waals surface area contributed by atoms with Gasteiger partial charge >= 0.3 is 0 Å². The molecule has 0 atom stereocenters. The molecule has 0 heterocycles. The second kappa shape index (κ2) is 4.36. The fraction of sp³-hybridized carbons (Fsp3) is 0.625. The number of carbonyl (C=O) groups excluding carboxylic acids is 1. The first-order chi connectivity index (χ1) is 5.35. The number of alkyl halides is 1. The van der Waals surface area contributed by atoms with Crippen molar-refractivity contribution in [3.63, 3.8) is 0 Å². The lowest BCUT2D eigenvalue weighted by molar-refractivity contribution is -0.117. The number of allylic oxidation sites excluding steroid dienone is 1. The molecule has 0 saturated carbocycles. The van der Waals surface area contributed by atoms with Gasteiger partial charge in [-0.15, -0.1) is 11.6 Å². The first-order valence-corrected chi connectivity index (χ1v) is 4.16. The molecule has 0 bridgehead atoms. The fourth-order valence-electron chi connectivity index (χ4n) is 0.596. The largest absolute Gasteiger partial charge is 0.511 e. The van der Waals surface area contributed by atoms with Crippen LogP contribution in [-0.4, -0.2) is 22.4 Å². The van der Waals surface area contributed by atoms with E-state index in [9.17, 15) is 4.79 Å². The number of carbonyl (C=O) groups is 1. The molecule has 2 N–H and O–H groups in total. The van der Waals surface area contributed by atoms with Crippen molar-refractivity contribution in [1.82, 2.24) is 5.32 Å². The molecule has 0 radical (unpaired) electrons. The lowest BCUT2D eigenvalue weighted by Crippen LogP contribution is -2.39.